The third-order valence-electron chi connectivity index (χ3n) is 9.95. The molecule has 0 aliphatic rings. The number of nitrogens with zero attached hydrogens (tertiary/aromatic N) is 10. The van der Waals surface area contributed by atoms with E-state index >= 15 is 0 Å². The van der Waals surface area contributed by atoms with E-state index in [1.165, 1.54) is 0 Å². The zero-order valence-corrected chi connectivity index (χ0v) is 29.6. The van der Waals surface area contributed by atoms with Gasteiger partial charge >= 0.3 is 0 Å². The van der Waals surface area contributed by atoms with Crippen molar-refractivity contribution in [3.05, 3.63) is 170 Å². The molecule has 0 amide bonds. The SMILES string of the molecule is c1ccc(-c2nc(-c3ccccc3)nc(-n3c4ccccc4c4nnc5c6ccccc6n(-c6nc(-c7ccccc7)nc(-c7ccccc7)n6)c5c43)n2)cc1. The largest absolute Gasteiger partial charge is 0.274 e. The highest BCUT2D eigenvalue weighted by Crippen LogP contribution is 2.39. The summed E-state index contributed by atoms with van der Waals surface area (Å²) in [6, 6.07) is 56.2. The number of hydrogen-bond donors (Lipinski definition) is 0. The summed E-state index contributed by atoms with van der Waals surface area (Å²) in [5.74, 6) is 3.10. The number of benzene rings is 6. The van der Waals surface area contributed by atoms with Gasteiger partial charge in [0.25, 0.3) is 0 Å². The Bertz CT molecular complexity index is 2900. The lowest BCUT2D eigenvalue weighted by Gasteiger charge is -2.13. The lowest BCUT2D eigenvalue weighted by molar-refractivity contribution is 0.938. The minimum Gasteiger partial charge on any atom is -0.274 e. The van der Waals surface area contributed by atoms with Crippen molar-refractivity contribution < 1.29 is 0 Å². The Morgan fingerprint density at radius 1 is 0.286 bits per heavy atom. The van der Waals surface area contributed by atoms with Crippen LogP contribution in [0.5, 0.6) is 0 Å². The van der Waals surface area contributed by atoms with E-state index in [1.54, 1.807) is 0 Å². The smallest absolute Gasteiger partial charge is 0.238 e. The van der Waals surface area contributed by atoms with Gasteiger partial charge in [-0.15, -0.1) is 10.2 Å². The van der Waals surface area contributed by atoms with Crippen LogP contribution in [-0.4, -0.2) is 49.2 Å². The van der Waals surface area contributed by atoms with Crippen LogP contribution < -0.4 is 0 Å². The van der Waals surface area contributed by atoms with Gasteiger partial charge in [-0.05, 0) is 12.1 Å². The maximum atomic E-state index is 5.18. The first-order valence-corrected chi connectivity index (χ1v) is 18.2. The molecule has 10 nitrogen and oxygen atoms in total. The summed E-state index contributed by atoms with van der Waals surface area (Å²) in [5.41, 5.74) is 8.16. The van der Waals surface area contributed by atoms with Gasteiger partial charge in [0.15, 0.2) is 23.3 Å². The molecule has 6 aromatic carbocycles. The van der Waals surface area contributed by atoms with Crippen LogP contribution in [0.2, 0.25) is 0 Å². The molecule has 0 aliphatic carbocycles. The van der Waals surface area contributed by atoms with Gasteiger partial charge in [0.1, 0.15) is 22.1 Å². The summed E-state index contributed by atoms with van der Waals surface area (Å²) in [7, 11) is 0. The van der Waals surface area contributed by atoms with E-state index in [-0.39, 0.29) is 0 Å². The third-order valence-corrected chi connectivity index (χ3v) is 9.95. The van der Waals surface area contributed by atoms with E-state index in [9.17, 15) is 0 Å². The fourth-order valence-electron chi connectivity index (χ4n) is 7.39. The number of hydrogen-bond acceptors (Lipinski definition) is 8. The highest BCUT2D eigenvalue weighted by Gasteiger charge is 2.26. The number of fused-ring (bicyclic) bond motifs is 7. The molecule has 5 heterocycles. The molecule has 11 aromatic rings. The predicted octanol–water partition coefficient (Wildman–Crippen LogP) is 9.71. The predicted molar refractivity (Wildman–Crippen MR) is 219 cm³/mol. The maximum Gasteiger partial charge on any atom is 0.238 e. The Balaban J connectivity index is 1.29. The van der Waals surface area contributed by atoms with Crippen molar-refractivity contribution in [1.29, 1.82) is 0 Å². The van der Waals surface area contributed by atoms with Gasteiger partial charge in [0.2, 0.25) is 11.9 Å². The van der Waals surface area contributed by atoms with Gasteiger partial charge in [-0.25, -0.2) is 9.97 Å². The molecule has 0 spiro atoms. The third kappa shape index (κ3) is 5.12. The first kappa shape index (κ1) is 31.5. The van der Waals surface area contributed by atoms with Gasteiger partial charge in [0, 0.05) is 33.0 Å². The lowest BCUT2D eigenvalue weighted by Crippen LogP contribution is -2.09. The van der Waals surface area contributed by atoms with Crippen molar-refractivity contribution >= 4 is 43.9 Å². The quantitative estimate of drug-likeness (QED) is 0.167. The Morgan fingerprint density at radius 2 is 0.571 bits per heavy atom. The van der Waals surface area contributed by atoms with Crippen LogP contribution in [0.25, 0.3) is 101 Å². The summed E-state index contributed by atoms with van der Waals surface area (Å²) in [4.78, 5) is 30.7. The molecule has 56 heavy (non-hydrogen) atoms. The monoisotopic (exact) mass is 720 g/mol. The zero-order chi connectivity index (χ0) is 37.0. The molecule has 0 N–H and O–H groups in total. The van der Waals surface area contributed by atoms with E-state index in [2.05, 4.69) is 33.4 Å². The molecular weight excluding hydrogens is 693 g/mol. The normalized spacial score (nSPS) is 11.6. The van der Waals surface area contributed by atoms with Gasteiger partial charge in [-0.2, -0.15) is 19.9 Å². The molecule has 0 atom stereocenters. The average Bonchev–Trinajstić information content (AvgIpc) is 3.81. The first-order valence-electron chi connectivity index (χ1n) is 18.2. The van der Waals surface area contributed by atoms with Crippen molar-refractivity contribution in [3.8, 4) is 57.4 Å². The highest BCUT2D eigenvalue weighted by molar-refractivity contribution is 6.20. The Hall–Kier alpha value is -7.98. The van der Waals surface area contributed by atoms with Crippen molar-refractivity contribution in [3.63, 3.8) is 0 Å². The maximum absolute atomic E-state index is 5.18. The Labute approximate surface area is 319 Å². The molecule has 0 aliphatic heterocycles. The van der Waals surface area contributed by atoms with Gasteiger partial charge in [-0.3, -0.25) is 9.13 Å². The Kier molecular flexibility index (Phi) is 7.24. The van der Waals surface area contributed by atoms with Crippen LogP contribution >= 0.6 is 0 Å². The second kappa shape index (κ2) is 12.9. The van der Waals surface area contributed by atoms with E-state index in [0.29, 0.717) is 46.2 Å². The second-order valence-electron chi connectivity index (χ2n) is 13.3. The Morgan fingerprint density at radius 3 is 0.893 bits per heavy atom. The standard InChI is InChI=1S/C46H28N10/c1-5-17-29(18-6-1)41-47-42(30-19-7-2-8-20-30)50-45(49-41)55-35-27-15-13-25-33(35)37-39(55)40-38(54-53-37)34-26-14-16-28-36(34)56(40)46-51-43(31-21-9-3-10-22-31)48-44(52-46)32-23-11-4-12-24-32/h1-28H. The molecule has 0 saturated heterocycles. The van der Waals surface area contributed by atoms with Crippen molar-refractivity contribution in [2.24, 2.45) is 0 Å². The molecule has 0 saturated carbocycles. The summed E-state index contributed by atoms with van der Waals surface area (Å²) >= 11 is 0. The second-order valence-corrected chi connectivity index (χ2v) is 13.3. The highest BCUT2D eigenvalue weighted by atomic mass is 15.3. The molecule has 262 valence electrons. The summed E-state index contributed by atoms with van der Waals surface area (Å²) < 4.78 is 4.16. The zero-order valence-electron chi connectivity index (χ0n) is 29.6. The summed E-state index contributed by atoms with van der Waals surface area (Å²) in [6.07, 6.45) is 0. The van der Waals surface area contributed by atoms with E-state index in [0.717, 1.165) is 55.1 Å². The van der Waals surface area contributed by atoms with Crippen LogP contribution in [0.4, 0.5) is 0 Å². The fraction of sp³-hybridized carbons (Fsp3) is 0. The van der Waals surface area contributed by atoms with E-state index in [1.807, 2.05) is 146 Å². The van der Waals surface area contributed by atoms with Crippen molar-refractivity contribution in [2.75, 3.05) is 0 Å². The average molecular weight is 721 g/mol. The lowest BCUT2D eigenvalue weighted by atomic mass is 10.2. The van der Waals surface area contributed by atoms with Crippen LogP contribution in [0.15, 0.2) is 170 Å². The molecular formula is C46H28N10. The number of para-hydroxylation sites is 2. The minimum atomic E-state index is 0.445. The van der Waals surface area contributed by atoms with Gasteiger partial charge in [0.05, 0.1) is 11.0 Å². The van der Waals surface area contributed by atoms with Gasteiger partial charge in [-0.1, -0.05) is 158 Å². The molecule has 0 bridgehead atoms. The number of rotatable bonds is 6. The molecule has 10 heteroatoms. The minimum absolute atomic E-state index is 0.445. The topological polar surface area (TPSA) is 113 Å². The fourth-order valence-corrected chi connectivity index (χ4v) is 7.39. The van der Waals surface area contributed by atoms with Crippen molar-refractivity contribution in [1.82, 2.24) is 49.2 Å². The van der Waals surface area contributed by atoms with Crippen LogP contribution in [-0.2, 0) is 0 Å². The van der Waals surface area contributed by atoms with Crippen LogP contribution in [0.1, 0.15) is 0 Å². The van der Waals surface area contributed by atoms with E-state index in [4.69, 9.17) is 40.1 Å². The molecule has 0 unspecified atom stereocenters. The number of aromatic nitrogens is 10. The summed E-state index contributed by atoms with van der Waals surface area (Å²) in [6.45, 7) is 0. The van der Waals surface area contributed by atoms with Crippen LogP contribution in [0, 0.1) is 0 Å². The van der Waals surface area contributed by atoms with E-state index < -0.39 is 0 Å². The summed E-state index contributed by atoms with van der Waals surface area (Å²) in [5, 5.41) is 11.7. The van der Waals surface area contributed by atoms with Crippen LogP contribution in [0.3, 0.4) is 0 Å². The first-order chi connectivity index (χ1) is 27.8. The molecule has 11 rings (SSSR count). The van der Waals surface area contributed by atoms with Gasteiger partial charge < -0.3 is 0 Å². The molecule has 0 radical (unpaired) electrons. The molecule has 5 aromatic heterocycles. The van der Waals surface area contributed by atoms with Crippen molar-refractivity contribution in [2.45, 2.75) is 0 Å². The molecule has 0 fully saturated rings.